The van der Waals surface area contributed by atoms with Crippen molar-refractivity contribution in [1.82, 2.24) is 4.98 Å². The lowest BCUT2D eigenvalue weighted by Gasteiger charge is -2.07. The van der Waals surface area contributed by atoms with Gasteiger partial charge in [-0.05, 0) is 37.0 Å². The lowest BCUT2D eigenvalue weighted by Crippen LogP contribution is -2.14. The van der Waals surface area contributed by atoms with Crippen molar-refractivity contribution in [1.29, 1.82) is 0 Å². The Morgan fingerprint density at radius 3 is 2.86 bits per heavy atom. The number of benzene rings is 1. The molecule has 0 saturated heterocycles. The molecule has 116 valence electrons. The molecule has 22 heavy (non-hydrogen) atoms. The summed E-state index contributed by atoms with van der Waals surface area (Å²) in [5.74, 6) is -0.653. The van der Waals surface area contributed by atoms with E-state index in [0.717, 1.165) is 31.0 Å². The Kier molecular flexibility index (Phi) is 4.47. The molecule has 1 aliphatic rings. The van der Waals surface area contributed by atoms with Crippen LogP contribution in [-0.2, 0) is 4.79 Å². The van der Waals surface area contributed by atoms with Crippen LogP contribution in [0.5, 0.6) is 0 Å². The van der Waals surface area contributed by atoms with E-state index in [1.54, 1.807) is 5.38 Å². The van der Waals surface area contributed by atoms with Crippen LogP contribution in [0.1, 0.15) is 32.1 Å². The molecule has 1 N–H and O–H groups in total. The van der Waals surface area contributed by atoms with E-state index in [4.69, 9.17) is 0 Å². The Morgan fingerprint density at radius 1 is 1.32 bits per heavy atom. The number of carbonyl (C=O) groups excluding carboxylic acids is 1. The number of hydrogen-bond donors (Lipinski definition) is 1. The summed E-state index contributed by atoms with van der Waals surface area (Å²) in [6.07, 6.45) is 5.09. The fraction of sp³-hybridized carbons (Fsp3) is 0.375. The Morgan fingerprint density at radius 2 is 2.09 bits per heavy atom. The highest BCUT2D eigenvalue weighted by Crippen LogP contribution is 2.30. The summed E-state index contributed by atoms with van der Waals surface area (Å²) >= 11 is 1.21. The Hall–Kier alpha value is -1.82. The van der Waals surface area contributed by atoms with Crippen LogP contribution in [0, 0.1) is 17.6 Å². The van der Waals surface area contributed by atoms with Crippen LogP contribution in [0.4, 0.5) is 13.9 Å². The number of halogens is 2. The number of anilines is 1. The van der Waals surface area contributed by atoms with Crippen LogP contribution in [0.25, 0.3) is 11.3 Å². The van der Waals surface area contributed by atoms with Gasteiger partial charge >= 0.3 is 0 Å². The van der Waals surface area contributed by atoms with Gasteiger partial charge in [0, 0.05) is 17.4 Å². The molecule has 1 heterocycles. The number of nitrogens with zero attached hydrogens (tertiary/aromatic N) is 1. The monoisotopic (exact) mass is 322 g/mol. The van der Waals surface area contributed by atoms with Gasteiger partial charge in [0.05, 0.1) is 5.69 Å². The zero-order chi connectivity index (χ0) is 15.5. The highest BCUT2D eigenvalue weighted by atomic mass is 32.1. The Balaban J connectivity index is 1.68. The van der Waals surface area contributed by atoms with Gasteiger partial charge in [-0.25, -0.2) is 13.8 Å². The normalized spacial score (nSPS) is 15.2. The highest BCUT2D eigenvalue weighted by Gasteiger charge is 2.19. The van der Waals surface area contributed by atoms with Gasteiger partial charge in [0.15, 0.2) is 5.13 Å². The zero-order valence-corrected chi connectivity index (χ0v) is 12.8. The third-order valence-electron chi connectivity index (χ3n) is 3.90. The van der Waals surface area contributed by atoms with E-state index in [0.29, 0.717) is 23.2 Å². The molecule has 1 aliphatic carbocycles. The van der Waals surface area contributed by atoms with Gasteiger partial charge in [-0.2, -0.15) is 0 Å². The maximum atomic E-state index is 13.7. The molecule has 3 nitrogen and oxygen atoms in total. The van der Waals surface area contributed by atoms with Gasteiger partial charge < -0.3 is 5.32 Å². The maximum absolute atomic E-state index is 13.7. The molecular formula is C16H16F2N2OS. The second-order valence-electron chi connectivity index (χ2n) is 5.56. The molecule has 6 heteroatoms. The molecule has 2 aromatic rings. The van der Waals surface area contributed by atoms with Gasteiger partial charge in [0.2, 0.25) is 5.91 Å². The largest absolute Gasteiger partial charge is 0.302 e. The van der Waals surface area contributed by atoms with Crippen molar-refractivity contribution in [2.45, 2.75) is 32.1 Å². The molecule has 0 unspecified atom stereocenters. The molecule has 3 rings (SSSR count). The fourth-order valence-electron chi connectivity index (χ4n) is 2.80. The number of amides is 1. The summed E-state index contributed by atoms with van der Waals surface area (Å²) in [6, 6.07) is 3.24. The molecule has 1 aromatic heterocycles. The zero-order valence-electron chi connectivity index (χ0n) is 11.9. The van der Waals surface area contributed by atoms with Crippen molar-refractivity contribution in [3.8, 4) is 11.3 Å². The lowest BCUT2D eigenvalue weighted by molar-refractivity contribution is -0.117. The number of carbonyl (C=O) groups is 1. The number of thiazole rings is 1. The molecule has 1 saturated carbocycles. The summed E-state index contributed by atoms with van der Waals surface area (Å²) in [5.41, 5.74) is 0.436. The topological polar surface area (TPSA) is 42.0 Å². The molecule has 0 spiro atoms. The minimum atomic E-state index is -0.532. The molecule has 1 amide bonds. The first-order chi connectivity index (χ1) is 10.6. The van der Waals surface area contributed by atoms with Gasteiger partial charge in [-0.3, -0.25) is 4.79 Å². The van der Waals surface area contributed by atoms with Crippen molar-refractivity contribution in [3.05, 3.63) is 35.2 Å². The molecule has 0 bridgehead atoms. The summed E-state index contributed by atoms with van der Waals surface area (Å²) in [7, 11) is 0. The molecular weight excluding hydrogens is 306 g/mol. The fourth-order valence-corrected chi connectivity index (χ4v) is 3.52. The minimum absolute atomic E-state index is 0.0625. The number of rotatable bonds is 4. The predicted molar refractivity (Wildman–Crippen MR) is 82.7 cm³/mol. The van der Waals surface area contributed by atoms with Crippen LogP contribution in [0.3, 0.4) is 0 Å². The molecule has 0 radical (unpaired) electrons. The van der Waals surface area contributed by atoms with Crippen molar-refractivity contribution < 1.29 is 13.6 Å². The predicted octanol–water partition coefficient (Wildman–Crippen LogP) is 4.61. The average molecular weight is 322 g/mol. The van der Waals surface area contributed by atoms with Crippen LogP contribution >= 0.6 is 11.3 Å². The molecule has 0 aliphatic heterocycles. The van der Waals surface area contributed by atoms with Crippen molar-refractivity contribution in [2.24, 2.45) is 5.92 Å². The number of hydrogen-bond acceptors (Lipinski definition) is 3. The summed E-state index contributed by atoms with van der Waals surface area (Å²) in [6.45, 7) is 0. The van der Waals surface area contributed by atoms with Gasteiger partial charge in [-0.1, -0.05) is 12.8 Å². The second kappa shape index (κ2) is 6.52. The van der Waals surface area contributed by atoms with E-state index in [9.17, 15) is 13.6 Å². The van der Waals surface area contributed by atoms with E-state index >= 15 is 0 Å². The SMILES string of the molecule is O=C(CC1CCCC1)Nc1nc(-c2cc(F)ccc2F)cs1. The van der Waals surface area contributed by atoms with Gasteiger partial charge in [-0.15, -0.1) is 11.3 Å². The number of nitrogens with one attached hydrogen (secondary N) is 1. The smallest absolute Gasteiger partial charge is 0.226 e. The summed E-state index contributed by atoms with van der Waals surface area (Å²) in [5, 5.41) is 4.78. The van der Waals surface area contributed by atoms with E-state index in [1.807, 2.05) is 0 Å². The molecule has 1 fully saturated rings. The minimum Gasteiger partial charge on any atom is -0.302 e. The first-order valence-electron chi connectivity index (χ1n) is 7.32. The van der Waals surface area contributed by atoms with Crippen LogP contribution in [-0.4, -0.2) is 10.9 Å². The maximum Gasteiger partial charge on any atom is 0.226 e. The first kappa shape index (κ1) is 15.1. The standard InChI is InChI=1S/C16H16F2N2OS/c17-11-5-6-13(18)12(8-11)14-9-22-16(19-14)20-15(21)7-10-3-1-2-4-10/h5-6,8-10H,1-4,7H2,(H,19,20,21). The van der Waals surface area contributed by atoms with Crippen molar-refractivity contribution >= 4 is 22.4 Å². The molecule has 1 aromatic carbocycles. The van der Waals surface area contributed by atoms with E-state index < -0.39 is 11.6 Å². The van der Waals surface area contributed by atoms with Crippen LogP contribution in [0.2, 0.25) is 0 Å². The van der Waals surface area contributed by atoms with Crippen molar-refractivity contribution in [2.75, 3.05) is 5.32 Å². The number of aromatic nitrogens is 1. The lowest BCUT2D eigenvalue weighted by atomic mass is 10.0. The second-order valence-corrected chi connectivity index (χ2v) is 6.42. The average Bonchev–Trinajstić information content (AvgIpc) is 3.13. The molecule has 0 atom stereocenters. The summed E-state index contributed by atoms with van der Waals surface area (Å²) in [4.78, 5) is 16.1. The third-order valence-corrected chi connectivity index (χ3v) is 4.66. The summed E-state index contributed by atoms with van der Waals surface area (Å²) < 4.78 is 26.9. The third kappa shape index (κ3) is 3.50. The highest BCUT2D eigenvalue weighted by molar-refractivity contribution is 7.14. The van der Waals surface area contributed by atoms with E-state index in [-0.39, 0.29) is 11.5 Å². The van der Waals surface area contributed by atoms with E-state index in [2.05, 4.69) is 10.3 Å². The quantitative estimate of drug-likeness (QED) is 0.893. The van der Waals surface area contributed by atoms with Gasteiger partial charge in [0.25, 0.3) is 0 Å². The van der Waals surface area contributed by atoms with E-state index in [1.165, 1.54) is 24.2 Å². The van der Waals surface area contributed by atoms with Crippen molar-refractivity contribution in [3.63, 3.8) is 0 Å². The Bertz CT molecular complexity index is 681. The van der Waals surface area contributed by atoms with Gasteiger partial charge in [0.1, 0.15) is 11.6 Å². The van der Waals surface area contributed by atoms with Crippen LogP contribution in [0.15, 0.2) is 23.6 Å². The van der Waals surface area contributed by atoms with Crippen LogP contribution < -0.4 is 5.32 Å². The Labute approximate surface area is 131 Å². The first-order valence-corrected chi connectivity index (χ1v) is 8.20.